The van der Waals surface area contributed by atoms with E-state index in [1.165, 1.54) is 0 Å². The van der Waals surface area contributed by atoms with Gasteiger partial charge in [0.15, 0.2) is 0 Å². The van der Waals surface area contributed by atoms with Crippen LogP contribution in [-0.4, -0.2) is 19.1 Å². The Balaban J connectivity index is 3.01. The van der Waals surface area contributed by atoms with Gasteiger partial charge < -0.3 is 10.5 Å². The zero-order valence-electron chi connectivity index (χ0n) is 5.89. The molecule has 0 radical (unpaired) electrons. The summed E-state index contributed by atoms with van der Waals surface area (Å²) >= 11 is 0. The molecule has 0 atom stereocenters. The molecule has 0 unspecified atom stereocenters. The maximum absolute atomic E-state index is 10.1. The van der Waals surface area contributed by atoms with Crippen molar-refractivity contribution in [1.82, 2.24) is 0 Å². The van der Waals surface area contributed by atoms with Gasteiger partial charge in [0.25, 0.3) is 0 Å². The predicted molar refractivity (Wildman–Crippen MR) is 34.9 cm³/mol. The molecule has 1 amide bonds. The highest BCUT2D eigenvalue weighted by Gasteiger charge is 1.95. The largest absolute Gasteiger partial charge is 0.371 e. The van der Waals surface area contributed by atoms with E-state index in [1.807, 2.05) is 13.8 Å². The highest BCUT2D eigenvalue weighted by Crippen LogP contribution is 1.90. The molecular weight excluding hydrogens is 118 g/mol. The van der Waals surface area contributed by atoms with Gasteiger partial charge >= 0.3 is 0 Å². The monoisotopic (exact) mass is 131 g/mol. The van der Waals surface area contributed by atoms with E-state index in [2.05, 4.69) is 0 Å². The van der Waals surface area contributed by atoms with Gasteiger partial charge in [-0.15, -0.1) is 0 Å². The van der Waals surface area contributed by atoms with Crippen LogP contribution in [0.4, 0.5) is 0 Å². The standard InChI is InChI=1S/C6H13NO2/c1-5(2)3-9-4-6(7)8/h5H,3-4H2,1-2H3,(H2,7,8). The molecule has 0 aromatic heterocycles. The van der Waals surface area contributed by atoms with Crippen molar-refractivity contribution in [3.63, 3.8) is 0 Å². The van der Waals surface area contributed by atoms with E-state index < -0.39 is 5.91 Å². The van der Waals surface area contributed by atoms with E-state index >= 15 is 0 Å². The molecule has 0 saturated carbocycles. The Morgan fingerprint density at radius 2 is 2.22 bits per heavy atom. The van der Waals surface area contributed by atoms with Crippen LogP contribution in [0.15, 0.2) is 0 Å². The first kappa shape index (κ1) is 8.43. The maximum Gasteiger partial charge on any atom is 0.243 e. The molecule has 0 aliphatic carbocycles. The van der Waals surface area contributed by atoms with Crippen molar-refractivity contribution in [2.45, 2.75) is 13.8 Å². The van der Waals surface area contributed by atoms with Crippen LogP contribution < -0.4 is 5.73 Å². The Kier molecular flexibility index (Phi) is 4.05. The zero-order valence-corrected chi connectivity index (χ0v) is 5.89. The van der Waals surface area contributed by atoms with Crippen molar-refractivity contribution in [3.8, 4) is 0 Å². The average Bonchev–Trinajstić information content (AvgIpc) is 1.63. The minimum absolute atomic E-state index is 0.0399. The molecule has 0 aromatic carbocycles. The fourth-order valence-corrected chi connectivity index (χ4v) is 0.395. The Hall–Kier alpha value is -0.570. The summed E-state index contributed by atoms with van der Waals surface area (Å²) in [5.41, 5.74) is 4.81. The highest BCUT2D eigenvalue weighted by molar-refractivity contribution is 5.74. The quantitative estimate of drug-likeness (QED) is 0.590. The van der Waals surface area contributed by atoms with Gasteiger partial charge in [-0.25, -0.2) is 0 Å². The third-order valence-corrected chi connectivity index (χ3v) is 0.696. The number of carbonyl (C=O) groups is 1. The maximum atomic E-state index is 10.1. The molecule has 0 aromatic rings. The molecular formula is C6H13NO2. The number of carbonyl (C=O) groups excluding carboxylic acids is 1. The zero-order chi connectivity index (χ0) is 7.28. The number of primary amides is 1. The fourth-order valence-electron chi connectivity index (χ4n) is 0.395. The van der Waals surface area contributed by atoms with E-state index in [0.717, 1.165) is 0 Å². The van der Waals surface area contributed by atoms with Gasteiger partial charge in [0, 0.05) is 6.61 Å². The van der Waals surface area contributed by atoms with Crippen molar-refractivity contribution < 1.29 is 9.53 Å². The molecule has 9 heavy (non-hydrogen) atoms. The minimum atomic E-state index is -0.407. The van der Waals surface area contributed by atoms with Crippen LogP contribution in [-0.2, 0) is 9.53 Å². The summed E-state index contributed by atoms with van der Waals surface area (Å²) in [5.74, 6) is 0.0556. The van der Waals surface area contributed by atoms with Gasteiger partial charge in [0.05, 0.1) is 0 Å². The lowest BCUT2D eigenvalue weighted by Gasteiger charge is -2.02. The van der Waals surface area contributed by atoms with Crippen LogP contribution in [0.1, 0.15) is 13.8 Å². The molecule has 0 aliphatic rings. The summed E-state index contributed by atoms with van der Waals surface area (Å²) in [4.78, 5) is 10.1. The average molecular weight is 131 g/mol. The molecule has 0 aliphatic heterocycles. The number of rotatable bonds is 4. The summed E-state index contributed by atoms with van der Waals surface area (Å²) in [5, 5.41) is 0. The van der Waals surface area contributed by atoms with Gasteiger partial charge in [0.2, 0.25) is 5.91 Å². The molecule has 0 rings (SSSR count). The van der Waals surface area contributed by atoms with Crippen LogP contribution in [0.3, 0.4) is 0 Å². The van der Waals surface area contributed by atoms with Gasteiger partial charge in [-0.05, 0) is 5.92 Å². The number of amides is 1. The number of nitrogens with two attached hydrogens (primary N) is 1. The summed E-state index contributed by atoms with van der Waals surface area (Å²) in [6.07, 6.45) is 0. The minimum Gasteiger partial charge on any atom is -0.371 e. The van der Waals surface area contributed by atoms with Crippen molar-refractivity contribution in [3.05, 3.63) is 0 Å². The van der Waals surface area contributed by atoms with Crippen molar-refractivity contribution in [2.75, 3.05) is 13.2 Å². The number of hydrogen-bond acceptors (Lipinski definition) is 2. The predicted octanol–water partition coefficient (Wildman–Crippen LogP) is 0.144. The molecule has 0 bridgehead atoms. The molecule has 3 nitrogen and oxygen atoms in total. The Morgan fingerprint density at radius 3 is 2.56 bits per heavy atom. The van der Waals surface area contributed by atoms with Crippen LogP contribution in [0.25, 0.3) is 0 Å². The molecule has 0 saturated heterocycles. The van der Waals surface area contributed by atoms with E-state index in [4.69, 9.17) is 10.5 Å². The lowest BCUT2D eigenvalue weighted by molar-refractivity contribution is -0.122. The van der Waals surface area contributed by atoms with Gasteiger partial charge in [-0.2, -0.15) is 0 Å². The first-order valence-corrected chi connectivity index (χ1v) is 2.99. The molecule has 0 heterocycles. The van der Waals surface area contributed by atoms with E-state index in [9.17, 15) is 4.79 Å². The second kappa shape index (κ2) is 4.32. The lowest BCUT2D eigenvalue weighted by atomic mass is 10.2. The van der Waals surface area contributed by atoms with E-state index in [-0.39, 0.29) is 6.61 Å². The molecule has 0 spiro atoms. The Bertz CT molecular complexity index is 91.1. The first-order chi connectivity index (χ1) is 4.13. The lowest BCUT2D eigenvalue weighted by Crippen LogP contribution is -2.19. The van der Waals surface area contributed by atoms with Crippen molar-refractivity contribution in [1.29, 1.82) is 0 Å². The van der Waals surface area contributed by atoms with Crippen LogP contribution in [0.2, 0.25) is 0 Å². The topological polar surface area (TPSA) is 52.3 Å². The van der Waals surface area contributed by atoms with E-state index in [1.54, 1.807) is 0 Å². The summed E-state index contributed by atoms with van der Waals surface area (Å²) in [6, 6.07) is 0. The highest BCUT2D eigenvalue weighted by atomic mass is 16.5. The molecule has 0 fully saturated rings. The Morgan fingerprint density at radius 1 is 1.67 bits per heavy atom. The van der Waals surface area contributed by atoms with Crippen molar-refractivity contribution >= 4 is 5.91 Å². The first-order valence-electron chi connectivity index (χ1n) is 2.99. The Labute approximate surface area is 55.2 Å². The smallest absolute Gasteiger partial charge is 0.243 e. The number of ether oxygens (including phenoxy) is 1. The fraction of sp³-hybridized carbons (Fsp3) is 0.833. The summed E-state index contributed by atoms with van der Waals surface area (Å²) in [7, 11) is 0. The van der Waals surface area contributed by atoms with Crippen LogP contribution in [0.5, 0.6) is 0 Å². The summed E-state index contributed by atoms with van der Waals surface area (Å²) in [6.45, 7) is 4.67. The van der Waals surface area contributed by atoms with Gasteiger partial charge in [0.1, 0.15) is 6.61 Å². The third-order valence-electron chi connectivity index (χ3n) is 0.696. The molecule has 3 heteroatoms. The van der Waals surface area contributed by atoms with Crippen LogP contribution >= 0.6 is 0 Å². The SMILES string of the molecule is CC(C)COCC(N)=O. The van der Waals surface area contributed by atoms with Crippen LogP contribution in [0, 0.1) is 5.92 Å². The third kappa shape index (κ3) is 7.43. The molecule has 2 N–H and O–H groups in total. The van der Waals surface area contributed by atoms with Crippen molar-refractivity contribution in [2.24, 2.45) is 11.7 Å². The second-order valence-corrected chi connectivity index (χ2v) is 2.38. The second-order valence-electron chi connectivity index (χ2n) is 2.38. The molecule has 54 valence electrons. The van der Waals surface area contributed by atoms with E-state index in [0.29, 0.717) is 12.5 Å². The number of hydrogen-bond donors (Lipinski definition) is 1. The van der Waals surface area contributed by atoms with Gasteiger partial charge in [-0.3, -0.25) is 4.79 Å². The summed E-state index contributed by atoms with van der Waals surface area (Å²) < 4.78 is 4.88. The van der Waals surface area contributed by atoms with Gasteiger partial charge in [-0.1, -0.05) is 13.8 Å². The normalized spacial score (nSPS) is 10.1.